The molecule has 27 heavy (non-hydrogen) atoms. The van der Waals surface area contributed by atoms with Crippen molar-refractivity contribution in [2.75, 3.05) is 11.4 Å². The van der Waals surface area contributed by atoms with Crippen molar-refractivity contribution >= 4 is 21.6 Å². The smallest absolute Gasteiger partial charge is 0.133 e. The van der Waals surface area contributed by atoms with Crippen LogP contribution in [0.1, 0.15) is 23.6 Å². The Hall–Kier alpha value is -2.18. The van der Waals surface area contributed by atoms with Gasteiger partial charge in [-0.2, -0.15) is 0 Å². The molecule has 0 atom stereocenters. The maximum Gasteiger partial charge on any atom is 0.133 e. The first-order valence-electron chi connectivity index (χ1n) is 8.51. The van der Waals surface area contributed by atoms with Crippen LogP contribution in [0.15, 0.2) is 58.4 Å². The summed E-state index contributed by atoms with van der Waals surface area (Å²) in [6.45, 7) is 4.50. The first kappa shape index (κ1) is 19.6. The Kier molecular flexibility index (Phi) is 5.97. The first-order chi connectivity index (χ1) is 12.9. The van der Waals surface area contributed by atoms with Gasteiger partial charge >= 0.3 is 0 Å². The van der Waals surface area contributed by atoms with E-state index in [0.29, 0.717) is 17.9 Å². The summed E-state index contributed by atoms with van der Waals surface area (Å²) in [5, 5.41) is 9.49. The molecule has 0 aromatic heterocycles. The van der Waals surface area contributed by atoms with Gasteiger partial charge in [-0.1, -0.05) is 12.1 Å². The van der Waals surface area contributed by atoms with E-state index in [1.807, 2.05) is 38.1 Å². The molecule has 1 aliphatic rings. The zero-order valence-corrected chi connectivity index (χ0v) is 16.7. The van der Waals surface area contributed by atoms with Crippen molar-refractivity contribution in [2.24, 2.45) is 0 Å². The Balaban J connectivity index is 1.78. The molecule has 0 aliphatic carbocycles. The summed E-state index contributed by atoms with van der Waals surface area (Å²) in [5.41, 5.74) is 4.17. The highest BCUT2D eigenvalue weighted by molar-refractivity contribution is 9.11. The fraction of sp³-hybridized carbons (Fsp3) is 0.238. The van der Waals surface area contributed by atoms with Crippen LogP contribution in [-0.2, 0) is 18.0 Å². The van der Waals surface area contributed by atoms with Gasteiger partial charge < -0.3 is 14.7 Å². The van der Waals surface area contributed by atoms with Crippen molar-refractivity contribution in [2.45, 2.75) is 27.1 Å². The summed E-state index contributed by atoms with van der Waals surface area (Å²) in [6, 6.07) is 9.27. The second-order valence-electron chi connectivity index (χ2n) is 6.38. The van der Waals surface area contributed by atoms with E-state index in [2.05, 4.69) is 20.8 Å². The molecule has 0 spiro atoms. The number of rotatable bonds is 5. The third-order valence-corrected chi connectivity index (χ3v) is 5.25. The number of nitrogens with zero attached hydrogens (tertiary/aromatic N) is 1. The SMILES string of the molecule is CC1=CC(OCc2ccc(F)cc2F)=C(Br)CN1c1cccc(CO)c1C. The molecule has 142 valence electrons. The molecule has 3 nitrogen and oxygen atoms in total. The number of halogens is 3. The average molecular weight is 436 g/mol. The van der Waals surface area contributed by atoms with Crippen molar-refractivity contribution in [3.8, 4) is 0 Å². The topological polar surface area (TPSA) is 32.7 Å². The van der Waals surface area contributed by atoms with Crippen LogP contribution in [0.5, 0.6) is 0 Å². The third kappa shape index (κ3) is 4.22. The molecule has 3 rings (SSSR count). The number of ether oxygens (including phenoxy) is 1. The van der Waals surface area contributed by atoms with E-state index in [9.17, 15) is 13.9 Å². The van der Waals surface area contributed by atoms with Gasteiger partial charge in [0.05, 0.1) is 17.6 Å². The average Bonchev–Trinajstić information content (AvgIpc) is 2.63. The summed E-state index contributed by atoms with van der Waals surface area (Å²) in [6.07, 6.45) is 1.88. The van der Waals surface area contributed by atoms with E-state index in [1.54, 1.807) is 0 Å². The zero-order chi connectivity index (χ0) is 19.6. The molecule has 0 radical (unpaired) electrons. The second-order valence-corrected chi connectivity index (χ2v) is 7.34. The number of allylic oxidation sites excluding steroid dienone is 2. The molecule has 2 aromatic rings. The van der Waals surface area contributed by atoms with Gasteiger partial charge in [-0.3, -0.25) is 0 Å². The van der Waals surface area contributed by atoms with Gasteiger partial charge in [-0.05, 0) is 59.1 Å². The van der Waals surface area contributed by atoms with E-state index in [4.69, 9.17) is 4.74 Å². The van der Waals surface area contributed by atoms with Crippen molar-refractivity contribution in [1.82, 2.24) is 0 Å². The third-order valence-electron chi connectivity index (χ3n) is 4.61. The lowest BCUT2D eigenvalue weighted by molar-refractivity contribution is 0.204. The molecule has 0 saturated carbocycles. The quantitative estimate of drug-likeness (QED) is 0.690. The highest BCUT2D eigenvalue weighted by atomic mass is 79.9. The highest BCUT2D eigenvalue weighted by Gasteiger charge is 2.21. The molecule has 1 aliphatic heterocycles. The lowest BCUT2D eigenvalue weighted by Gasteiger charge is -2.31. The molecule has 0 fully saturated rings. The van der Waals surface area contributed by atoms with Crippen LogP contribution < -0.4 is 4.90 Å². The van der Waals surface area contributed by atoms with E-state index < -0.39 is 11.6 Å². The number of anilines is 1. The van der Waals surface area contributed by atoms with Crippen LogP contribution in [0.2, 0.25) is 0 Å². The monoisotopic (exact) mass is 435 g/mol. The number of aliphatic hydroxyl groups excluding tert-OH is 1. The van der Waals surface area contributed by atoms with E-state index in [0.717, 1.165) is 33.1 Å². The fourth-order valence-electron chi connectivity index (χ4n) is 3.01. The van der Waals surface area contributed by atoms with Crippen LogP contribution in [0, 0.1) is 18.6 Å². The van der Waals surface area contributed by atoms with Crippen molar-refractivity contribution in [1.29, 1.82) is 0 Å². The molecule has 1 heterocycles. The van der Waals surface area contributed by atoms with E-state index >= 15 is 0 Å². The summed E-state index contributed by atoms with van der Waals surface area (Å²) in [7, 11) is 0. The summed E-state index contributed by atoms with van der Waals surface area (Å²) < 4.78 is 33.4. The van der Waals surface area contributed by atoms with Crippen LogP contribution in [0.4, 0.5) is 14.5 Å². The van der Waals surface area contributed by atoms with Gasteiger partial charge in [0, 0.05) is 29.1 Å². The summed E-state index contributed by atoms with van der Waals surface area (Å²) in [5.74, 6) is -0.620. The minimum absolute atomic E-state index is 0.00905. The van der Waals surface area contributed by atoms with E-state index in [1.165, 1.54) is 12.1 Å². The van der Waals surface area contributed by atoms with Crippen molar-refractivity contribution < 1.29 is 18.6 Å². The van der Waals surface area contributed by atoms with Gasteiger partial charge in [-0.25, -0.2) is 8.78 Å². The van der Waals surface area contributed by atoms with Gasteiger partial charge in [-0.15, -0.1) is 0 Å². The lowest BCUT2D eigenvalue weighted by atomic mass is 10.1. The van der Waals surface area contributed by atoms with Gasteiger partial charge in [0.2, 0.25) is 0 Å². The largest absolute Gasteiger partial charge is 0.488 e. The second kappa shape index (κ2) is 8.23. The van der Waals surface area contributed by atoms with Crippen LogP contribution in [0.3, 0.4) is 0 Å². The zero-order valence-electron chi connectivity index (χ0n) is 15.1. The molecular formula is C21H20BrF2NO2. The standard InChI is InChI=1S/C21H20BrF2NO2/c1-13-8-21(27-12-16-6-7-17(23)9-19(16)24)18(22)10-25(13)20-5-3-4-15(11-26)14(20)2/h3-9,26H,10-12H2,1-2H3. The first-order valence-corrected chi connectivity index (χ1v) is 9.30. The normalized spacial score (nSPS) is 14.4. The van der Waals surface area contributed by atoms with Gasteiger partial charge in [0.15, 0.2) is 0 Å². The van der Waals surface area contributed by atoms with Crippen LogP contribution >= 0.6 is 15.9 Å². The van der Waals surface area contributed by atoms with Crippen molar-refractivity contribution in [3.05, 3.63) is 86.7 Å². The Morgan fingerprint density at radius 1 is 1.15 bits per heavy atom. The van der Waals surface area contributed by atoms with Gasteiger partial charge in [0.25, 0.3) is 0 Å². The highest BCUT2D eigenvalue weighted by Crippen LogP contribution is 2.33. The predicted molar refractivity (Wildman–Crippen MR) is 105 cm³/mol. The lowest BCUT2D eigenvalue weighted by Crippen LogP contribution is -2.27. The maximum absolute atomic E-state index is 13.8. The molecule has 2 aromatic carbocycles. The Labute approximate surface area is 165 Å². The molecule has 1 N–H and O–H groups in total. The van der Waals surface area contributed by atoms with Crippen LogP contribution in [0.25, 0.3) is 0 Å². The fourth-order valence-corrected chi connectivity index (χ4v) is 3.49. The number of hydrogen-bond donors (Lipinski definition) is 1. The van der Waals surface area contributed by atoms with E-state index in [-0.39, 0.29) is 13.2 Å². The molecule has 0 unspecified atom stereocenters. The van der Waals surface area contributed by atoms with Crippen LogP contribution in [-0.4, -0.2) is 11.7 Å². The minimum atomic E-state index is -0.624. The Morgan fingerprint density at radius 3 is 2.63 bits per heavy atom. The van der Waals surface area contributed by atoms with Gasteiger partial charge in [0.1, 0.15) is 24.0 Å². The number of aliphatic hydroxyl groups is 1. The van der Waals surface area contributed by atoms with Crippen molar-refractivity contribution in [3.63, 3.8) is 0 Å². The Bertz CT molecular complexity index is 924. The molecule has 0 amide bonds. The molecule has 6 heteroatoms. The summed E-state index contributed by atoms with van der Waals surface area (Å²) in [4.78, 5) is 2.11. The summed E-state index contributed by atoms with van der Waals surface area (Å²) >= 11 is 3.55. The predicted octanol–water partition coefficient (Wildman–Crippen LogP) is 5.31. The Morgan fingerprint density at radius 2 is 1.93 bits per heavy atom. The number of hydrogen-bond acceptors (Lipinski definition) is 3. The maximum atomic E-state index is 13.8. The number of benzene rings is 2. The molecule has 0 saturated heterocycles. The molecular weight excluding hydrogens is 416 g/mol. The molecule has 0 bridgehead atoms. The minimum Gasteiger partial charge on any atom is -0.488 e.